The van der Waals surface area contributed by atoms with Crippen LogP contribution in [0.25, 0.3) is 0 Å². The first-order valence-electron chi connectivity index (χ1n) is 5.20. The largest absolute Gasteiger partial charge is 0.694 e. The van der Waals surface area contributed by atoms with Gasteiger partial charge in [-0.25, -0.2) is 4.79 Å². The topological polar surface area (TPSA) is 119 Å². The molecule has 0 radical (unpaired) electrons. The number of carbonyl (C=O) groups excluding carboxylic acids is 2. The number of aliphatic hydroxyl groups is 1. The normalized spacial score (nSPS) is 14.6. The summed E-state index contributed by atoms with van der Waals surface area (Å²) in [6.45, 7) is 2.06. The molecule has 0 fully saturated rings. The van der Waals surface area contributed by atoms with Crippen LogP contribution in [0.5, 0.6) is 0 Å². The lowest BCUT2D eigenvalue weighted by molar-refractivity contribution is -0.167. The van der Waals surface area contributed by atoms with Crippen LogP contribution in [0.3, 0.4) is 0 Å². The molecule has 0 aromatic carbocycles. The van der Waals surface area contributed by atoms with E-state index in [4.69, 9.17) is 19.5 Å². The van der Waals surface area contributed by atoms with Crippen molar-refractivity contribution in [3.63, 3.8) is 0 Å². The maximum absolute atomic E-state index is 11.1. The summed E-state index contributed by atoms with van der Waals surface area (Å²) in [4.78, 5) is 30.5. The second-order valence-corrected chi connectivity index (χ2v) is 4.04. The van der Waals surface area contributed by atoms with Crippen LogP contribution in [0.4, 0.5) is 0 Å². The summed E-state index contributed by atoms with van der Waals surface area (Å²) in [5, 5.41) is 8.94. The fraction of sp³-hybridized carbons (Fsp3) is 0.778. The fourth-order valence-corrected chi connectivity index (χ4v) is 1.11. The third-order valence-corrected chi connectivity index (χ3v) is 2.08. The summed E-state index contributed by atoms with van der Waals surface area (Å²) >= 11 is 0. The van der Waals surface area contributed by atoms with E-state index in [1.807, 2.05) is 0 Å². The van der Waals surface area contributed by atoms with Gasteiger partial charge in [0.15, 0.2) is 6.10 Å². The molecule has 18 heavy (non-hydrogen) atoms. The van der Waals surface area contributed by atoms with Gasteiger partial charge in [0.1, 0.15) is 19.3 Å². The van der Waals surface area contributed by atoms with Gasteiger partial charge in [0.25, 0.3) is 0 Å². The van der Waals surface area contributed by atoms with Gasteiger partial charge in [-0.2, -0.15) is 0 Å². The minimum atomic E-state index is -2.85. The molecule has 0 aliphatic rings. The number of ether oxygens (including phenoxy) is 2. The second kappa shape index (κ2) is 8.93. The Kier molecular flexibility index (Phi) is 8.40. The first kappa shape index (κ1) is 16.9. The Morgan fingerprint density at radius 3 is 2.39 bits per heavy atom. The average Bonchev–Trinajstić information content (AvgIpc) is 2.31. The zero-order valence-electron chi connectivity index (χ0n) is 10.1. The molecule has 0 heterocycles. The quantitative estimate of drug-likeness (QED) is 0.468. The first-order chi connectivity index (χ1) is 8.36. The number of carbonyl (C=O) groups is 2. The maximum atomic E-state index is 11.1. The molecule has 0 spiro atoms. The van der Waals surface area contributed by atoms with Crippen LogP contribution in [0, 0.1) is 0 Å². The van der Waals surface area contributed by atoms with E-state index in [0.29, 0.717) is 0 Å². The first-order valence-corrected chi connectivity index (χ1v) is 6.33. The van der Waals surface area contributed by atoms with Crippen molar-refractivity contribution in [2.45, 2.75) is 32.5 Å². The van der Waals surface area contributed by atoms with Crippen LogP contribution < -0.4 is 0 Å². The van der Waals surface area contributed by atoms with Crippen LogP contribution in [0.2, 0.25) is 0 Å². The molecule has 0 saturated heterocycles. The van der Waals surface area contributed by atoms with Gasteiger partial charge >= 0.3 is 20.2 Å². The number of esters is 2. The minimum absolute atomic E-state index is 0.145. The summed E-state index contributed by atoms with van der Waals surface area (Å²) < 4.78 is 24.1. The number of hydrogen-bond acceptors (Lipinski definition) is 7. The molecule has 104 valence electrons. The Morgan fingerprint density at radius 2 is 1.94 bits per heavy atom. The number of aliphatic hydroxyl groups excluding tert-OH is 1. The van der Waals surface area contributed by atoms with Crippen molar-refractivity contribution in [3.8, 4) is 0 Å². The molecular weight excluding hydrogens is 267 g/mol. The molecule has 2 unspecified atom stereocenters. The smallest absolute Gasteiger partial charge is 0.462 e. The molecule has 0 aliphatic heterocycles. The van der Waals surface area contributed by atoms with Crippen LogP contribution in [-0.2, 0) is 28.2 Å². The van der Waals surface area contributed by atoms with Gasteiger partial charge in [-0.3, -0.25) is 4.79 Å². The Balaban J connectivity index is 4.27. The zero-order valence-corrected chi connectivity index (χ0v) is 11.0. The van der Waals surface area contributed by atoms with Gasteiger partial charge in [0.2, 0.25) is 0 Å². The minimum Gasteiger partial charge on any atom is -0.462 e. The Labute approximate surface area is 105 Å². The van der Waals surface area contributed by atoms with E-state index < -0.39 is 39.0 Å². The van der Waals surface area contributed by atoms with E-state index in [0.717, 1.165) is 0 Å². The van der Waals surface area contributed by atoms with Crippen LogP contribution in [0.1, 0.15) is 20.3 Å². The molecule has 0 aliphatic carbocycles. The summed E-state index contributed by atoms with van der Waals surface area (Å²) in [7, 11) is -2.85. The van der Waals surface area contributed by atoms with Crippen molar-refractivity contribution in [2.24, 2.45) is 0 Å². The van der Waals surface area contributed by atoms with Gasteiger partial charge in [0.05, 0.1) is 0 Å². The van der Waals surface area contributed by atoms with Gasteiger partial charge in [-0.15, -0.1) is 9.42 Å². The van der Waals surface area contributed by atoms with Crippen LogP contribution >= 0.6 is 8.25 Å². The second-order valence-electron chi connectivity index (χ2n) is 3.31. The molecule has 0 aromatic heterocycles. The van der Waals surface area contributed by atoms with E-state index >= 15 is 0 Å². The Hall–Kier alpha value is -1.08. The number of hydrogen-bond donors (Lipinski definition) is 2. The SMILES string of the molecule is CCC(=O)OC[C@H](CO[P+](=O)O)OC(=O)C(C)O. The van der Waals surface area contributed by atoms with Crippen molar-refractivity contribution in [3.05, 3.63) is 0 Å². The van der Waals surface area contributed by atoms with Crippen molar-refractivity contribution in [1.82, 2.24) is 0 Å². The monoisotopic (exact) mass is 283 g/mol. The van der Waals surface area contributed by atoms with Gasteiger partial charge in [-0.1, -0.05) is 6.92 Å². The van der Waals surface area contributed by atoms with Crippen LogP contribution in [-0.4, -0.2) is 47.4 Å². The molecule has 0 rings (SSSR count). The summed E-state index contributed by atoms with van der Waals surface area (Å²) in [5.74, 6) is -1.45. The van der Waals surface area contributed by atoms with Crippen molar-refractivity contribution in [1.29, 1.82) is 0 Å². The van der Waals surface area contributed by atoms with E-state index in [2.05, 4.69) is 4.52 Å². The molecule has 3 atom stereocenters. The lowest BCUT2D eigenvalue weighted by Crippen LogP contribution is -2.32. The van der Waals surface area contributed by atoms with Crippen molar-refractivity contribution in [2.75, 3.05) is 13.2 Å². The summed E-state index contributed by atoms with van der Waals surface area (Å²) in [6.07, 6.45) is -2.25. The molecule has 2 N–H and O–H groups in total. The third-order valence-electron chi connectivity index (χ3n) is 1.71. The Morgan fingerprint density at radius 1 is 1.33 bits per heavy atom. The van der Waals surface area contributed by atoms with E-state index in [1.165, 1.54) is 6.92 Å². The average molecular weight is 283 g/mol. The maximum Gasteiger partial charge on any atom is 0.694 e. The highest BCUT2D eigenvalue weighted by atomic mass is 31.1. The third kappa shape index (κ3) is 8.08. The van der Waals surface area contributed by atoms with Crippen LogP contribution in [0.15, 0.2) is 0 Å². The summed E-state index contributed by atoms with van der Waals surface area (Å²) in [5.41, 5.74) is 0. The fourth-order valence-electron chi connectivity index (χ4n) is 0.814. The van der Waals surface area contributed by atoms with E-state index in [9.17, 15) is 14.2 Å². The Bertz CT molecular complexity index is 303. The molecule has 8 nitrogen and oxygen atoms in total. The molecule has 9 heteroatoms. The van der Waals surface area contributed by atoms with Gasteiger partial charge in [0, 0.05) is 11.0 Å². The summed E-state index contributed by atoms with van der Waals surface area (Å²) in [6, 6.07) is 0. The molecule has 0 saturated carbocycles. The standard InChI is InChI=1S/C9H15O8P/c1-3-8(11)15-4-7(5-16-18(13)14)17-9(12)6(2)10/h6-7,10H,3-5H2,1-2H3/p+1/t6?,7-/m1/s1. The van der Waals surface area contributed by atoms with Crippen molar-refractivity contribution >= 4 is 20.2 Å². The van der Waals surface area contributed by atoms with Gasteiger partial charge < -0.3 is 14.6 Å². The lowest BCUT2D eigenvalue weighted by Gasteiger charge is -2.16. The zero-order chi connectivity index (χ0) is 14.1. The highest BCUT2D eigenvalue weighted by molar-refractivity contribution is 7.32. The number of rotatable bonds is 8. The predicted molar refractivity (Wildman–Crippen MR) is 58.6 cm³/mol. The molecule has 0 aromatic rings. The van der Waals surface area contributed by atoms with Gasteiger partial charge in [-0.05, 0) is 6.92 Å². The molecule has 0 bridgehead atoms. The highest BCUT2D eigenvalue weighted by Gasteiger charge is 2.24. The lowest BCUT2D eigenvalue weighted by atomic mass is 10.3. The van der Waals surface area contributed by atoms with E-state index in [1.54, 1.807) is 6.92 Å². The van der Waals surface area contributed by atoms with Crippen molar-refractivity contribution < 1.29 is 38.2 Å². The van der Waals surface area contributed by atoms with E-state index in [-0.39, 0.29) is 13.0 Å². The molecule has 0 amide bonds. The highest BCUT2D eigenvalue weighted by Crippen LogP contribution is 2.15. The molecular formula is C9H16O8P+. The predicted octanol–water partition coefficient (Wildman–Crippen LogP) is -0.102.